The molecule has 0 atom stereocenters. The normalized spacial score (nSPS) is 19.5. The molecule has 1 aliphatic carbocycles. The Morgan fingerprint density at radius 1 is 1.20 bits per heavy atom. The quantitative estimate of drug-likeness (QED) is 0.700. The molecule has 0 bridgehead atoms. The SMILES string of the molecule is CCN(CCCOCC(F)(F)F)C1(CN)CCCCC1. The average Bonchev–Trinajstić information content (AvgIpc) is 2.42. The van der Waals surface area contributed by atoms with E-state index in [-0.39, 0.29) is 12.1 Å². The highest BCUT2D eigenvalue weighted by Gasteiger charge is 2.35. The van der Waals surface area contributed by atoms with E-state index < -0.39 is 12.8 Å². The molecule has 0 aromatic rings. The van der Waals surface area contributed by atoms with Crippen molar-refractivity contribution in [1.29, 1.82) is 0 Å². The summed E-state index contributed by atoms with van der Waals surface area (Å²) in [5, 5.41) is 0. The molecule has 1 saturated carbocycles. The maximum absolute atomic E-state index is 12.0. The third kappa shape index (κ3) is 5.58. The van der Waals surface area contributed by atoms with Crippen molar-refractivity contribution in [3.05, 3.63) is 0 Å². The third-order valence-electron chi connectivity index (χ3n) is 4.20. The van der Waals surface area contributed by atoms with Crippen molar-refractivity contribution in [2.45, 2.75) is 57.2 Å². The summed E-state index contributed by atoms with van der Waals surface area (Å²) in [6.07, 6.45) is 2.23. The summed E-state index contributed by atoms with van der Waals surface area (Å²) in [7, 11) is 0. The summed E-state index contributed by atoms with van der Waals surface area (Å²) in [6.45, 7) is 3.35. The lowest BCUT2D eigenvalue weighted by molar-refractivity contribution is -0.174. The van der Waals surface area contributed by atoms with E-state index in [1.165, 1.54) is 19.3 Å². The molecule has 6 heteroatoms. The van der Waals surface area contributed by atoms with Gasteiger partial charge in [0.05, 0.1) is 0 Å². The lowest BCUT2D eigenvalue weighted by atomic mass is 9.80. The van der Waals surface area contributed by atoms with Gasteiger partial charge in [-0.2, -0.15) is 13.2 Å². The molecule has 0 heterocycles. The Bertz CT molecular complexity index is 266. The summed E-state index contributed by atoms with van der Waals surface area (Å²) in [5.74, 6) is 0. The molecule has 1 fully saturated rings. The molecule has 1 rings (SSSR count). The van der Waals surface area contributed by atoms with E-state index in [0.717, 1.165) is 25.9 Å². The highest BCUT2D eigenvalue weighted by Crippen LogP contribution is 2.32. The average molecular weight is 296 g/mol. The zero-order valence-electron chi connectivity index (χ0n) is 12.3. The highest BCUT2D eigenvalue weighted by molar-refractivity contribution is 4.93. The Kier molecular flexibility index (Phi) is 7.26. The molecule has 0 radical (unpaired) electrons. The minimum Gasteiger partial charge on any atom is -0.372 e. The predicted octanol–water partition coefficient (Wildman–Crippen LogP) is 2.94. The second kappa shape index (κ2) is 8.20. The number of alkyl halides is 3. The largest absolute Gasteiger partial charge is 0.411 e. The summed E-state index contributed by atoms with van der Waals surface area (Å²) in [6, 6.07) is 0. The van der Waals surface area contributed by atoms with Crippen molar-refractivity contribution in [2.75, 3.05) is 32.8 Å². The second-order valence-corrected chi connectivity index (χ2v) is 5.59. The Hall–Kier alpha value is -0.330. The fourth-order valence-corrected chi connectivity index (χ4v) is 3.14. The lowest BCUT2D eigenvalue weighted by Crippen LogP contribution is -2.55. The van der Waals surface area contributed by atoms with Gasteiger partial charge in [0.15, 0.2) is 0 Å². The Morgan fingerprint density at radius 3 is 2.35 bits per heavy atom. The minimum atomic E-state index is -4.23. The standard InChI is InChI=1S/C14H27F3N2O/c1-2-19(9-6-10-20-12-14(15,16)17)13(11-18)7-4-3-5-8-13/h2-12,18H2,1H3. The molecule has 2 N–H and O–H groups in total. The van der Waals surface area contributed by atoms with Crippen molar-refractivity contribution in [3.63, 3.8) is 0 Å². The fraction of sp³-hybridized carbons (Fsp3) is 1.00. The van der Waals surface area contributed by atoms with Gasteiger partial charge in [0.2, 0.25) is 0 Å². The molecule has 0 saturated heterocycles. The van der Waals surface area contributed by atoms with Gasteiger partial charge in [0, 0.05) is 25.2 Å². The van der Waals surface area contributed by atoms with E-state index in [0.29, 0.717) is 13.0 Å². The fourth-order valence-electron chi connectivity index (χ4n) is 3.14. The van der Waals surface area contributed by atoms with Crippen LogP contribution in [-0.4, -0.2) is 49.5 Å². The number of likely N-dealkylation sites (N-methyl/N-ethyl adjacent to an activating group) is 1. The van der Waals surface area contributed by atoms with E-state index in [1.807, 2.05) is 0 Å². The van der Waals surface area contributed by atoms with Gasteiger partial charge in [0.1, 0.15) is 6.61 Å². The van der Waals surface area contributed by atoms with Gasteiger partial charge in [-0.15, -0.1) is 0 Å². The summed E-state index contributed by atoms with van der Waals surface area (Å²) in [4.78, 5) is 2.34. The lowest BCUT2D eigenvalue weighted by Gasteiger charge is -2.45. The topological polar surface area (TPSA) is 38.5 Å². The van der Waals surface area contributed by atoms with Crippen molar-refractivity contribution in [1.82, 2.24) is 4.90 Å². The molecule has 0 aromatic heterocycles. The first-order valence-electron chi connectivity index (χ1n) is 7.53. The maximum Gasteiger partial charge on any atom is 0.411 e. The molecule has 3 nitrogen and oxygen atoms in total. The Labute approximate surface area is 119 Å². The van der Waals surface area contributed by atoms with Crippen LogP contribution in [0.5, 0.6) is 0 Å². The zero-order chi connectivity index (χ0) is 15.1. The van der Waals surface area contributed by atoms with Crippen LogP contribution in [0.4, 0.5) is 13.2 Å². The number of halogens is 3. The number of nitrogens with zero attached hydrogens (tertiary/aromatic N) is 1. The first-order valence-corrected chi connectivity index (χ1v) is 7.53. The molecule has 120 valence electrons. The molecule has 0 aromatic carbocycles. The van der Waals surface area contributed by atoms with Crippen molar-refractivity contribution in [3.8, 4) is 0 Å². The van der Waals surface area contributed by atoms with Crippen molar-refractivity contribution >= 4 is 0 Å². The predicted molar refractivity (Wildman–Crippen MR) is 73.6 cm³/mol. The van der Waals surface area contributed by atoms with Gasteiger partial charge in [-0.05, 0) is 25.8 Å². The summed E-state index contributed by atoms with van der Waals surface area (Å²) in [5.41, 5.74) is 6.03. The van der Waals surface area contributed by atoms with Gasteiger partial charge in [-0.3, -0.25) is 4.90 Å². The van der Waals surface area contributed by atoms with Crippen LogP contribution in [0.15, 0.2) is 0 Å². The summed E-state index contributed by atoms with van der Waals surface area (Å²) < 4.78 is 40.6. The third-order valence-corrected chi connectivity index (χ3v) is 4.20. The summed E-state index contributed by atoms with van der Waals surface area (Å²) >= 11 is 0. The van der Waals surface area contributed by atoms with Crippen LogP contribution in [0.25, 0.3) is 0 Å². The number of hydrogen-bond donors (Lipinski definition) is 1. The van der Waals surface area contributed by atoms with Crippen LogP contribution in [-0.2, 0) is 4.74 Å². The van der Waals surface area contributed by atoms with Crippen LogP contribution in [0, 0.1) is 0 Å². The number of hydrogen-bond acceptors (Lipinski definition) is 3. The molecule has 0 aliphatic heterocycles. The van der Waals surface area contributed by atoms with E-state index in [1.54, 1.807) is 0 Å². The number of ether oxygens (including phenoxy) is 1. The van der Waals surface area contributed by atoms with Crippen LogP contribution in [0.2, 0.25) is 0 Å². The first kappa shape index (κ1) is 17.7. The molecule has 0 unspecified atom stereocenters. The zero-order valence-corrected chi connectivity index (χ0v) is 12.3. The molecule has 0 amide bonds. The van der Waals surface area contributed by atoms with Gasteiger partial charge < -0.3 is 10.5 Å². The van der Waals surface area contributed by atoms with Crippen molar-refractivity contribution in [2.24, 2.45) is 5.73 Å². The minimum absolute atomic E-state index is 0.0526. The molecule has 20 heavy (non-hydrogen) atoms. The van der Waals surface area contributed by atoms with Gasteiger partial charge >= 0.3 is 6.18 Å². The van der Waals surface area contributed by atoms with Crippen LogP contribution >= 0.6 is 0 Å². The van der Waals surface area contributed by atoms with Crippen molar-refractivity contribution < 1.29 is 17.9 Å². The molecule has 0 spiro atoms. The highest BCUT2D eigenvalue weighted by atomic mass is 19.4. The molecular formula is C14H27F3N2O. The first-order chi connectivity index (χ1) is 9.43. The Balaban J connectivity index is 2.34. The molecular weight excluding hydrogens is 269 g/mol. The molecule has 1 aliphatic rings. The number of rotatable bonds is 8. The van der Waals surface area contributed by atoms with E-state index in [2.05, 4.69) is 16.6 Å². The Morgan fingerprint density at radius 2 is 1.85 bits per heavy atom. The maximum atomic E-state index is 12.0. The van der Waals surface area contributed by atoms with E-state index >= 15 is 0 Å². The van der Waals surface area contributed by atoms with Gasteiger partial charge in [-0.25, -0.2) is 0 Å². The smallest absolute Gasteiger partial charge is 0.372 e. The van der Waals surface area contributed by atoms with Gasteiger partial charge in [0.25, 0.3) is 0 Å². The van der Waals surface area contributed by atoms with Crippen LogP contribution < -0.4 is 5.73 Å². The van der Waals surface area contributed by atoms with Crippen LogP contribution in [0.3, 0.4) is 0 Å². The monoisotopic (exact) mass is 296 g/mol. The van der Waals surface area contributed by atoms with E-state index in [4.69, 9.17) is 5.73 Å². The van der Waals surface area contributed by atoms with E-state index in [9.17, 15) is 13.2 Å². The number of nitrogens with two attached hydrogens (primary N) is 1. The van der Waals surface area contributed by atoms with Gasteiger partial charge in [-0.1, -0.05) is 26.2 Å². The van der Waals surface area contributed by atoms with Crippen LogP contribution in [0.1, 0.15) is 45.4 Å². The second-order valence-electron chi connectivity index (χ2n) is 5.59.